The number of hydrogen-bond donors (Lipinski definition) is 4. The molecule has 0 atom stereocenters. The third kappa shape index (κ3) is 10.6. The summed E-state index contributed by atoms with van der Waals surface area (Å²) in [6.07, 6.45) is 7.32. The van der Waals surface area contributed by atoms with Crippen molar-refractivity contribution in [3.63, 3.8) is 0 Å². The number of H-pyrrole nitrogens is 1. The lowest BCUT2D eigenvalue weighted by molar-refractivity contribution is -0.0874. The van der Waals surface area contributed by atoms with Crippen LogP contribution in [0, 0.1) is 0 Å². The number of aliphatic hydroxyl groups is 2. The maximum absolute atomic E-state index is 11.8. The van der Waals surface area contributed by atoms with Crippen LogP contribution in [0.25, 0.3) is 0 Å². The number of hydrogen-bond acceptors (Lipinski definition) is 5. The topological polar surface area (TPSA) is 120 Å². The number of urea groups is 1. The predicted octanol–water partition coefficient (Wildman–Crippen LogP) is 4.15. The summed E-state index contributed by atoms with van der Waals surface area (Å²) >= 11 is 0. The van der Waals surface area contributed by atoms with Crippen LogP contribution >= 0.6 is 0 Å². The molecule has 1 heterocycles. The van der Waals surface area contributed by atoms with E-state index in [0.717, 1.165) is 25.7 Å². The van der Waals surface area contributed by atoms with Crippen molar-refractivity contribution in [2.75, 3.05) is 25.1 Å². The van der Waals surface area contributed by atoms with Crippen LogP contribution in [0.1, 0.15) is 58.4 Å². The van der Waals surface area contributed by atoms with E-state index in [1.54, 1.807) is 17.8 Å². The van der Waals surface area contributed by atoms with Crippen LogP contribution < -0.4 is 10.2 Å². The Hall–Kier alpha value is -2.89. The van der Waals surface area contributed by atoms with Gasteiger partial charge in [0.1, 0.15) is 11.5 Å². The maximum Gasteiger partial charge on any atom is 0.322 e. The summed E-state index contributed by atoms with van der Waals surface area (Å²) in [7, 11) is 1.59. The third-order valence-electron chi connectivity index (χ3n) is 4.02. The van der Waals surface area contributed by atoms with Gasteiger partial charge in [-0.15, -0.1) is 0 Å². The number of halogens is 3. The number of aliphatic hydroxyl groups excluding tert-OH is 2. The lowest BCUT2D eigenvalue weighted by atomic mass is 10.1. The van der Waals surface area contributed by atoms with E-state index in [4.69, 9.17) is 10.2 Å². The molecular formula is C19H37F3N4O5. The lowest BCUT2D eigenvalue weighted by Gasteiger charge is -2.26. The zero-order chi connectivity index (χ0) is 20.9. The molecule has 1 aliphatic carbocycles. The summed E-state index contributed by atoms with van der Waals surface area (Å²) in [5, 5.41) is 23.0. The molecule has 0 spiro atoms. The van der Waals surface area contributed by atoms with Crippen LogP contribution in [-0.4, -0.2) is 52.5 Å². The fourth-order valence-corrected chi connectivity index (χ4v) is 2.39. The van der Waals surface area contributed by atoms with Crippen molar-refractivity contribution >= 4 is 18.1 Å². The van der Waals surface area contributed by atoms with Gasteiger partial charge in [0.05, 0.1) is 0 Å². The van der Waals surface area contributed by atoms with Gasteiger partial charge in [-0.05, 0) is 25.3 Å². The number of nitrogens with one attached hydrogen (secondary N) is 2. The van der Waals surface area contributed by atoms with Gasteiger partial charge in [0.15, 0.2) is 17.9 Å². The Kier molecular flexibility index (Phi) is 18.9. The molecule has 31 heavy (non-hydrogen) atoms. The molecule has 1 aliphatic rings. The van der Waals surface area contributed by atoms with Crippen molar-refractivity contribution in [2.24, 2.45) is 0 Å². The number of aromatic nitrogens is 2. The van der Waals surface area contributed by atoms with Gasteiger partial charge in [0, 0.05) is 45.2 Å². The van der Waals surface area contributed by atoms with Crippen LogP contribution in [-0.2, 0) is 11.5 Å². The van der Waals surface area contributed by atoms with E-state index in [2.05, 4.69) is 22.3 Å². The van der Waals surface area contributed by atoms with E-state index in [1.165, 1.54) is 11.0 Å². The van der Waals surface area contributed by atoms with Crippen molar-refractivity contribution in [3.8, 4) is 0 Å². The van der Waals surface area contributed by atoms with Crippen molar-refractivity contribution in [2.45, 2.75) is 53.0 Å². The van der Waals surface area contributed by atoms with Crippen LogP contribution in [0.15, 0.2) is 23.7 Å². The number of aldehydes is 1. The number of amides is 2. The SMILES string of the molecule is C.CCCCn1[nH]c(N(C)C(=O)NCCCO)c1C=O.F.F.OC1=CCCC(OF)=C1.[HH]. The fraction of sp³-hybridized carbons (Fsp3) is 0.579. The van der Waals surface area contributed by atoms with Gasteiger partial charge < -0.3 is 15.5 Å². The summed E-state index contributed by atoms with van der Waals surface area (Å²) in [5.41, 5.74) is 0.494. The van der Waals surface area contributed by atoms with E-state index in [9.17, 15) is 14.1 Å². The number of carbonyl (C=O) groups is 2. The highest BCUT2D eigenvalue weighted by atomic mass is 19.3. The molecule has 0 saturated heterocycles. The minimum Gasteiger partial charge on any atom is -0.508 e. The molecular weight excluding hydrogens is 421 g/mol. The molecule has 0 aliphatic heterocycles. The summed E-state index contributed by atoms with van der Waals surface area (Å²) in [4.78, 5) is 27.6. The monoisotopic (exact) mass is 458 g/mol. The minimum atomic E-state index is -0.301. The molecule has 1 aromatic rings. The first-order valence-corrected chi connectivity index (χ1v) is 9.22. The highest BCUT2D eigenvalue weighted by Gasteiger charge is 2.21. The van der Waals surface area contributed by atoms with Crippen LogP contribution in [0.4, 0.5) is 24.5 Å². The van der Waals surface area contributed by atoms with Gasteiger partial charge in [0.2, 0.25) is 0 Å². The highest BCUT2D eigenvalue weighted by molar-refractivity contribution is 5.95. The van der Waals surface area contributed by atoms with E-state index >= 15 is 0 Å². The molecule has 2 amide bonds. The number of anilines is 1. The molecule has 0 bridgehead atoms. The number of aryl methyl sites for hydroxylation is 1. The molecule has 0 saturated carbocycles. The number of carbonyl (C=O) groups excluding carboxylic acids is 2. The molecule has 184 valence electrons. The second kappa shape index (κ2) is 17.9. The van der Waals surface area contributed by atoms with E-state index < -0.39 is 0 Å². The smallest absolute Gasteiger partial charge is 0.322 e. The Morgan fingerprint density at radius 1 is 1.45 bits per heavy atom. The Balaban J connectivity index is -0.000000259. The molecule has 0 unspecified atom stereocenters. The largest absolute Gasteiger partial charge is 0.508 e. The first kappa shape index (κ1) is 32.8. The number of nitrogens with zero attached hydrogens (tertiary/aromatic N) is 2. The third-order valence-corrected chi connectivity index (χ3v) is 4.02. The van der Waals surface area contributed by atoms with Crippen LogP contribution in [0.2, 0.25) is 0 Å². The van der Waals surface area contributed by atoms with Gasteiger partial charge in [0.25, 0.3) is 0 Å². The molecule has 4 N–H and O–H groups in total. The van der Waals surface area contributed by atoms with Crippen LogP contribution in [0.3, 0.4) is 0 Å². The van der Waals surface area contributed by atoms with Gasteiger partial charge in [-0.2, -0.15) is 0 Å². The van der Waals surface area contributed by atoms with Gasteiger partial charge in [-0.25, -0.2) is 4.79 Å². The number of rotatable bonds is 9. The van der Waals surface area contributed by atoms with Crippen molar-refractivity contribution in [1.29, 1.82) is 0 Å². The Morgan fingerprint density at radius 3 is 2.61 bits per heavy atom. The second-order valence-electron chi connectivity index (χ2n) is 6.19. The van der Waals surface area contributed by atoms with Crippen molar-refractivity contribution in [1.82, 2.24) is 15.1 Å². The first-order chi connectivity index (χ1) is 13.5. The zero-order valence-electron chi connectivity index (χ0n) is 17.1. The fourth-order valence-electron chi connectivity index (χ4n) is 2.39. The standard InChI is InChI=1S/C12H22N4O3.C6H7FO2.CH4.2FH.H2/c1-3-4-7-16-10(9-18)11(14-16)15(2)12(19)13-6-5-8-17;7-9-6-3-1-2-5(8)4-6;;;;/h9,14,17H,3-8H2,1-2H3,(H,13,19);2,4,8H,1,3H2;1H4;3*1H. The Bertz CT molecular complexity index is 695. The van der Waals surface area contributed by atoms with E-state index in [1.807, 2.05) is 0 Å². The minimum absolute atomic E-state index is 0. The Morgan fingerprint density at radius 2 is 2.13 bits per heavy atom. The molecule has 1 aromatic heterocycles. The summed E-state index contributed by atoms with van der Waals surface area (Å²) in [6.45, 7) is 3.26. The molecule has 0 fully saturated rings. The normalized spacial score (nSPS) is 11.7. The Labute approximate surface area is 181 Å². The van der Waals surface area contributed by atoms with Crippen molar-refractivity contribution in [3.05, 3.63) is 29.4 Å². The number of allylic oxidation sites excluding steroid dienone is 3. The molecule has 0 radical (unpaired) electrons. The van der Waals surface area contributed by atoms with Crippen molar-refractivity contribution < 1.29 is 40.1 Å². The highest BCUT2D eigenvalue weighted by Crippen LogP contribution is 2.19. The van der Waals surface area contributed by atoms with E-state index in [0.29, 0.717) is 37.3 Å². The van der Waals surface area contributed by atoms with Crippen LogP contribution in [0.5, 0.6) is 0 Å². The molecule has 9 nitrogen and oxygen atoms in total. The van der Waals surface area contributed by atoms with Gasteiger partial charge in [-0.3, -0.25) is 33.8 Å². The maximum atomic E-state index is 11.8. The van der Waals surface area contributed by atoms with Gasteiger partial charge in [-0.1, -0.05) is 20.8 Å². The molecule has 0 aromatic carbocycles. The lowest BCUT2D eigenvalue weighted by Crippen LogP contribution is -2.41. The first-order valence-electron chi connectivity index (χ1n) is 9.22. The number of unbranched alkanes of at least 4 members (excludes halogenated alkanes) is 1. The zero-order valence-corrected chi connectivity index (χ0v) is 17.1. The van der Waals surface area contributed by atoms with Gasteiger partial charge >= 0.3 is 6.03 Å². The summed E-state index contributed by atoms with van der Waals surface area (Å²) in [6, 6.07) is -0.301. The summed E-state index contributed by atoms with van der Waals surface area (Å²) < 4.78 is 13.1. The molecule has 2 rings (SSSR count). The summed E-state index contributed by atoms with van der Waals surface area (Å²) in [5.74, 6) is 0.775. The average Bonchev–Trinajstić information content (AvgIpc) is 2.68. The second-order valence-corrected chi connectivity index (χ2v) is 6.19. The molecule has 12 heteroatoms. The average molecular weight is 459 g/mol. The quantitative estimate of drug-likeness (QED) is 0.327. The predicted molar refractivity (Wildman–Crippen MR) is 117 cm³/mol. The van der Waals surface area contributed by atoms with E-state index in [-0.39, 0.29) is 42.4 Å². The number of aromatic amines is 1.